The van der Waals surface area contributed by atoms with Crippen molar-refractivity contribution in [3.63, 3.8) is 0 Å². The van der Waals surface area contributed by atoms with Crippen molar-refractivity contribution < 1.29 is 8.42 Å². The van der Waals surface area contributed by atoms with E-state index in [0.717, 1.165) is 11.1 Å². The maximum absolute atomic E-state index is 12.2. The van der Waals surface area contributed by atoms with Gasteiger partial charge < -0.3 is 0 Å². The molecule has 98 valence electrons. The van der Waals surface area contributed by atoms with Crippen LogP contribution in [0.15, 0.2) is 60.7 Å². The third kappa shape index (κ3) is 2.29. The van der Waals surface area contributed by atoms with Crippen molar-refractivity contribution in [1.82, 2.24) is 4.72 Å². The second-order valence-corrected chi connectivity index (χ2v) is 6.63. The lowest BCUT2D eigenvalue weighted by Crippen LogP contribution is -2.18. The average Bonchev–Trinajstić information content (AvgIpc) is 2.76. The zero-order chi connectivity index (χ0) is 13.3. The molecule has 0 spiro atoms. The van der Waals surface area contributed by atoms with Crippen molar-refractivity contribution >= 4 is 10.0 Å². The lowest BCUT2D eigenvalue weighted by atomic mass is 9.92. The van der Waals surface area contributed by atoms with Crippen LogP contribution in [0.3, 0.4) is 0 Å². The Labute approximate surface area is 113 Å². The molecular weight excluding hydrogens is 258 g/mol. The van der Waals surface area contributed by atoms with Gasteiger partial charge in [0.2, 0.25) is 10.0 Å². The number of rotatable bonds is 2. The Morgan fingerprint density at radius 3 is 1.95 bits per heavy atom. The van der Waals surface area contributed by atoms with E-state index in [1.54, 1.807) is 0 Å². The molecule has 3 nitrogen and oxygen atoms in total. The van der Waals surface area contributed by atoms with Crippen molar-refractivity contribution in [3.05, 3.63) is 71.8 Å². The normalized spacial score (nSPS) is 25.3. The molecule has 2 aromatic carbocycles. The third-order valence-corrected chi connectivity index (χ3v) is 5.40. The van der Waals surface area contributed by atoms with Gasteiger partial charge in [-0.2, -0.15) is 0 Å². The second-order valence-electron chi connectivity index (χ2n) is 4.74. The van der Waals surface area contributed by atoms with Crippen molar-refractivity contribution in [2.45, 2.75) is 11.2 Å². The molecule has 4 heteroatoms. The summed E-state index contributed by atoms with van der Waals surface area (Å²) in [4.78, 5) is 0. The maximum Gasteiger partial charge on any atom is 0.219 e. The van der Waals surface area contributed by atoms with Crippen molar-refractivity contribution in [1.29, 1.82) is 0 Å². The highest BCUT2D eigenvalue weighted by atomic mass is 32.2. The van der Waals surface area contributed by atoms with Gasteiger partial charge in [0.1, 0.15) is 5.25 Å². The van der Waals surface area contributed by atoms with Crippen molar-refractivity contribution in [2.24, 2.45) is 0 Å². The molecule has 19 heavy (non-hydrogen) atoms. The fraction of sp³-hybridized carbons (Fsp3) is 0.200. The predicted octanol–water partition coefficient (Wildman–Crippen LogP) is 2.44. The topological polar surface area (TPSA) is 46.2 Å². The molecule has 0 aliphatic carbocycles. The molecule has 1 N–H and O–H groups in total. The first kappa shape index (κ1) is 12.4. The quantitative estimate of drug-likeness (QED) is 0.913. The molecule has 0 bridgehead atoms. The summed E-state index contributed by atoms with van der Waals surface area (Å²) < 4.78 is 27.1. The number of sulfonamides is 1. The van der Waals surface area contributed by atoms with E-state index in [0.29, 0.717) is 6.54 Å². The molecule has 0 saturated carbocycles. The van der Waals surface area contributed by atoms with Crippen LogP contribution in [0, 0.1) is 0 Å². The number of benzene rings is 2. The highest BCUT2D eigenvalue weighted by Gasteiger charge is 2.41. The van der Waals surface area contributed by atoms with Gasteiger partial charge in [-0.05, 0) is 11.1 Å². The minimum Gasteiger partial charge on any atom is -0.214 e. The van der Waals surface area contributed by atoms with Crippen LogP contribution < -0.4 is 4.72 Å². The molecule has 1 aliphatic heterocycles. The maximum atomic E-state index is 12.2. The molecule has 0 amide bonds. The summed E-state index contributed by atoms with van der Waals surface area (Å²) in [5, 5.41) is -0.504. The van der Waals surface area contributed by atoms with Gasteiger partial charge in [-0.15, -0.1) is 0 Å². The summed E-state index contributed by atoms with van der Waals surface area (Å²) in [6, 6.07) is 19.2. The van der Waals surface area contributed by atoms with Crippen LogP contribution in [-0.2, 0) is 10.0 Å². The van der Waals surface area contributed by atoms with E-state index in [1.807, 2.05) is 60.7 Å². The van der Waals surface area contributed by atoms with Crippen molar-refractivity contribution in [2.75, 3.05) is 6.54 Å². The fourth-order valence-electron chi connectivity index (χ4n) is 2.67. The van der Waals surface area contributed by atoms with Gasteiger partial charge in [0.05, 0.1) is 0 Å². The van der Waals surface area contributed by atoms with Crippen LogP contribution in [0.2, 0.25) is 0 Å². The standard InChI is InChI=1S/C15H15NO2S/c17-19(18)15(13-9-5-2-6-10-13)14(11-16-19)12-7-3-1-4-8-12/h1-10,14-16H,11H2/t14-,15-/m0/s1. The molecule has 1 aliphatic rings. The summed E-state index contributed by atoms with van der Waals surface area (Å²) >= 11 is 0. The first-order valence-electron chi connectivity index (χ1n) is 6.27. The summed E-state index contributed by atoms with van der Waals surface area (Å²) in [5.41, 5.74) is 1.91. The molecular formula is C15H15NO2S. The summed E-state index contributed by atoms with van der Waals surface area (Å²) in [5.74, 6) is -0.0337. The average molecular weight is 273 g/mol. The van der Waals surface area contributed by atoms with Gasteiger partial charge in [-0.25, -0.2) is 13.1 Å². The number of hydrogen-bond donors (Lipinski definition) is 1. The Kier molecular flexibility index (Phi) is 3.12. The molecule has 1 fully saturated rings. The molecule has 1 heterocycles. The molecule has 0 unspecified atom stereocenters. The fourth-order valence-corrected chi connectivity index (χ4v) is 4.46. The highest BCUT2D eigenvalue weighted by Crippen LogP contribution is 2.40. The zero-order valence-electron chi connectivity index (χ0n) is 10.4. The molecule has 0 aromatic heterocycles. The summed E-state index contributed by atoms with van der Waals surface area (Å²) in [6.07, 6.45) is 0. The van der Waals surface area contributed by atoms with Gasteiger partial charge in [0.15, 0.2) is 0 Å². The Morgan fingerprint density at radius 1 is 0.842 bits per heavy atom. The minimum absolute atomic E-state index is 0.0337. The van der Waals surface area contributed by atoms with Crippen LogP contribution in [0.1, 0.15) is 22.3 Å². The zero-order valence-corrected chi connectivity index (χ0v) is 11.2. The Hall–Kier alpha value is -1.65. The van der Waals surface area contributed by atoms with Gasteiger partial charge in [0.25, 0.3) is 0 Å². The first-order valence-corrected chi connectivity index (χ1v) is 7.81. The molecule has 3 rings (SSSR count). The van der Waals surface area contributed by atoms with Crippen molar-refractivity contribution in [3.8, 4) is 0 Å². The lowest BCUT2D eigenvalue weighted by Gasteiger charge is -2.18. The van der Waals surface area contributed by atoms with Gasteiger partial charge in [0, 0.05) is 12.5 Å². The van der Waals surface area contributed by atoms with E-state index in [2.05, 4.69) is 4.72 Å². The van der Waals surface area contributed by atoms with Crippen LogP contribution in [0.25, 0.3) is 0 Å². The number of nitrogens with one attached hydrogen (secondary N) is 1. The largest absolute Gasteiger partial charge is 0.219 e. The Balaban J connectivity index is 2.07. The molecule has 1 saturated heterocycles. The lowest BCUT2D eigenvalue weighted by molar-refractivity contribution is 0.583. The van der Waals surface area contributed by atoms with E-state index >= 15 is 0 Å². The van der Waals surface area contributed by atoms with E-state index in [9.17, 15) is 8.42 Å². The second kappa shape index (κ2) is 4.79. The van der Waals surface area contributed by atoms with Crippen LogP contribution in [-0.4, -0.2) is 15.0 Å². The highest BCUT2D eigenvalue weighted by molar-refractivity contribution is 7.90. The van der Waals surface area contributed by atoms with Gasteiger partial charge in [-0.1, -0.05) is 60.7 Å². The number of hydrogen-bond acceptors (Lipinski definition) is 2. The van der Waals surface area contributed by atoms with Gasteiger partial charge >= 0.3 is 0 Å². The van der Waals surface area contributed by atoms with Crippen LogP contribution >= 0.6 is 0 Å². The minimum atomic E-state index is -3.29. The smallest absolute Gasteiger partial charge is 0.214 e. The molecule has 0 radical (unpaired) electrons. The summed E-state index contributed by atoms with van der Waals surface area (Å²) in [7, 11) is -3.29. The van der Waals surface area contributed by atoms with E-state index < -0.39 is 15.3 Å². The van der Waals surface area contributed by atoms with Gasteiger partial charge in [-0.3, -0.25) is 0 Å². The molecule has 2 aromatic rings. The summed E-state index contributed by atoms with van der Waals surface area (Å²) in [6.45, 7) is 0.464. The van der Waals surface area contributed by atoms with E-state index in [4.69, 9.17) is 0 Å². The Morgan fingerprint density at radius 2 is 1.37 bits per heavy atom. The SMILES string of the molecule is O=S1(=O)NC[C@@H](c2ccccc2)[C@@H]1c1ccccc1. The third-order valence-electron chi connectivity index (χ3n) is 3.56. The monoisotopic (exact) mass is 273 g/mol. The van der Waals surface area contributed by atoms with E-state index in [-0.39, 0.29) is 5.92 Å². The molecule has 2 atom stereocenters. The first-order chi connectivity index (χ1) is 9.18. The van der Waals surface area contributed by atoms with E-state index in [1.165, 1.54) is 0 Å². The predicted molar refractivity (Wildman–Crippen MR) is 75.3 cm³/mol. The van der Waals surface area contributed by atoms with Crippen LogP contribution in [0.5, 0.6) is 0 Å². The van der Waals surface area contributed by atoms with Crippen LogP contribution in [0.4, 0.5) is 0 Å². The Bertz CT molecular complexity index is 653.